The van der Waals surface area contributed by atoms with Crippen LogP contribution in [-0.2, 0) is 4.79 Å². The van der Waals surface area contributed by atoms with Crippen LogP contribution < -0.4 is 0 Å². The van der Waals surface area contributed by atoms with Crippen LogP contribution in [0.4, 0.5) is 0 Å². The van der Waals surface area contributed by atoms with Crippen molar-refractivity contribution in [2.24, 2.45) is 0 Å². The maximum Gasteiger partial charge on any atom is 0.210 e. The summed E-state index contributed by atoms with van der Waals surface area (Å²) in [5, 5.41) is 0. The summed E-state index contributed by atoms with van der Waals surface area (Å²) in [6, 6.07) is 0. The van der Waals surface area contributed by atoms with E-state index in [2.05, 4.69) is 9.97 Å². The molecule has 0 aliphatic heterocycles. The van der Waals surface area contributed by atoms with Crippen molar-refractivity contribution in [1.29, 1.82) is 0 Å². The van der Waals surface area contributed by atoms with Gasteiger partial charge in [-0.05, 0) is 0 Å². The minimum atomic E-state index is 0.343. The summed E-state index contributed by atoms with van der Waals surface area (Å²) in [6.45, 7) is 0. The van der Waals surface area contributed by atoms with E-state index in [4.69, 9.17) is 0 Å². The number of rotatable bonds is 2. The number of imidazole rings is 2. The van der Waals surface area contributed by atoms with Crippen molar-refractivity contribution in [1.82, 2.24) is 19.1 Å². The van der Waals surface area contributed by atoms with Gasteiger partial charge in [0.05, 0.1) is 0 Å². The first-order valence-corrected chi connectivity index (χ1v) is 3.63. The predicted molar refractivity (Wildman–Crippen MR) is 44.2 cm³/mol. The second-order valence-corrected chi connectivity index (χ2v) is 2.37. The second-order valence-electron chi connectivity index (χ2n) is 2.37. The summed E-state index contributed by atoms with van der Waals surface area (Å²) >= 11 is 0. The van der Waals surface area contributed by atoms with Gasteiger partial charge in [-0.3, -0.25) is 9.13 Å². The number of aromatic nitrogens is 4. The van der Waals surface area contributed by atoms with Crippen LogP contribution >= 0.6 is 0 Å². The largest absolute Gasteiger partial charge is 0.282 e. The molecule has 2 aromatic heterocycles. The third-order valence-electron chi connectivity index (χ3n) is 1.59. The molecule has 2 aromatic rings. The Bertz CT molecular complexity index is 386. The summed E-state index contributed by atoms with van der Waals surface area (Å²) in [7, 11) is 0. The monoisotopic (exact) mass is 174 g/mol. The summed E-state index contributed by atoms with van der Waals surface area (Å²) in [4.78, 5) is 18.3. The van der Waals surface area contributed by atoms with Crippen LogP contribution in [-0.4, -0.2) is 25.0 Å². The molecule has 2 heterocycles. The van der Waals surface area contributed by atoms with Gasteiger partial charge in [-0.25, -0.2) is 14.8 Å². The maximum atomic E-state index is 10.6. The lowest BCUT2D eigenvalue weighted by atomic mass is 10.7. The topological polar surface area (TPSA) is 52.7 Å². The molecule has 0 unspecified atom stereocenters. The van der Waals surface area contributed by atoms with Gasteiger partial charge >= 0.3 is 0 Å². The highest BCUT2D eigenvalue weighted by atomic mass is 16.1. The lowest BCUT2D eigenvalue weighted by Gasteiger charge is -2.02. The van der Waals surface area contributed by atoms with Crippen molar-refractivity contribution in [2.45, 2.75) is 0 Å². The Morgan fingerprint density at radius 3 is 1.92 bits per heavy atom. The average Bonchev–Trinajstić information content (AvgIpc) is 2.76. The molecule has 0 aliphatic rings. The first kappa shape index (κ1) is 7.52. The molecular weight excluding hydrogens is 168 g/mol. The Hall–Kier alpha value is -2.13. The number of carbonyl (C=O) groups excluding carboxylic acids is 1. The molecule has 0 atom stereocenters. The molecule has 0 N–H and O–H groups in total. The molecule has 0 spiro atoms. The highest BCUT2D eigenvalue weighted by Crippen LogP contribution is 1.97. The SMILES string of the molecule is O=C=C(n1ccnc1)n1ccnc1. The highest BCUT2D eigenvalue weighted by molar-refractivity contribution is 5.47. The zero-order valence-corrected chi connectivity index (χ0v) is 6.66. The van der Waals surface area contributed by atoms with Crippen molar-refractivity contribution < 1.29 is 4.79 Å². The molecule has 0 amide bonds. The van der Waals surface area contributed by atoms with E-state index >= 15 is 0 Å². The van der Waals surface area contributed by atoms with E-state index in [1.807, 2.05) is 5.94 Å². The van der Waals surface area contributed by atoms with E-state index in [0.717, 1.165) is 0 Å². The first-order chi connectivity index (χ1) is 6.42. The van der Waals surface area contributed by atoms with E-state index < -0.39 is 0 Å². The molecule has 2 rings (SSSR count). The molecule has 0 radical (unpaired) electrons. The van der Waals surface area contributed by atoms with E-state index in [-0.39, 0.29) is 0 Å². The van der Waals surface area contributed by atoms with Gasteiger partial charge < -0.3 is 0 Å². The van der Waals surface area contributed by atoms with Crippen molar-refractivity contribution in [3.8, 4) is 0 Å². The molecular formula is C8H6N4O. The Kier molecular flexibility index (Phi) is 1.78. The fraction of sp³-hybridized carbons (Fsp3) is 0. The van der Waals surface area contributed by atoms with Gasteiger partial charge in [0.1, 0.15) is 12.7 Å². The van der Waals surface area contributed by atoms with Crippen LogP contribution in [0, 0.1) is 5.82 Å². The van der Waals surface area contributed by atoms with Gasteiger partial charge in [0.25, 0.3) is 0 Å². The first-order valence-electron chi connectivity index (χ1n) is 3.63. The molecule has 13 heavy (non-hydrogen) atoms. The van der Waals surface area contributed by atoms with Crippen molar-refractivity contribution in [3.63, 3.8) is 0 Å². The van der Waals surface area contributed by atoms with E-state index in [9.17, 15) is 4.79 Å². The molecule has 0 aromatic carbocycles. The zero-order valence-electron chi connectivity index (χ0n) is 6.66. The van der Waals surface area contributed by atoms with E-state index in [1.54, 1.807) is 33.9 Å². The third-order valence-corrected chi connectivity index (χ3v) is 1.59. The number of hydrogen-bond acceptors (Lipinski definition) is 3. The van der Waals surface area contributed by atoms with Gasteiger partial charge in [-0.15, -0.1) is 0 Å². The standard InChI is InChI=1S/C8H6N4O/c13-5-8(11-3-1-9-6-11)12-4-2-10-7-12/h1-4,6-7H. The Morgan fingerprint density at radius 1 is 1.08 bits per heavy atom. The molecule has 0 aliphatic carbocycles. The van der Waals surface area contributed by atoms with Crippen molar-refractivity contribution >= 4 is 5.94 Å². The quantitative estimate of drug-likeness (QED) is 0.605. The normalized spacial score (nSPS) is 9.54. The fourth-order valence-electron chi connectivity index (χ4n) is 1.01. The Balaban J connectivity index is 2.48. The predicted octanol–water partition coefficient (Wildman–Crippen LogP) is 0.0752. The van der Waals surface area contributed by atoms with Crippen molar-refractivity contribution in [3.05, 3.63) is 43.3 Å². The Labute approximate surface area is 74.0 Å². The number of hydrogen-bond donors (Lipinski definition) is 0. The summed E-state index contributed by atoms with van der Waals surface area (Å²) in [5.74, 6) is 2.16. The van der Waals surface area contributed by atoms with Crippen LogP contribution in [0.25, 0.3) is 0 Å². The van der Waals surface area contributed by atoms with Crippen LogP contribution in [0.15, 0.2) is 37.4 Å². The molecule has 5 heteroatoms. The lowest BCUT2D eigenvalue weighted by Crippen LogP contribution is -2.08. The van der Waals surface area contributed by atoms with Crippen LogP contribution in [0.5, 0.6) is 0 Å². The average molecular weight is 174 g/mol. The van der Waals surface area contributed by atoms with Gasteiger partial charge in [0, 0.05) is 24.8 Å². The summed E-state index contributed by atoms with van der Waals surface area (Å²) in [5.41, 5.74) is 0. The second kappa shape index (κ2) is 3.08. The minimum absolute atomic E-state index is 0.343. The molecule has 5 nitrogen and oxygen atoms in total. The molecule has 0 saturated heterocycles. The Morgan fingerprint density at radius 2 is 1.62 bits per heavy atom. The smallest absolute Gasteiger partial charge is 0.210 e. The molecule has 0 saturated carbocycles. The third kappa shape index (κ3) is 1.28. The van der Waals surface area contributed by atoms with Gasteiger partial charge in [0.15, 0.2) is 5.94 Å². The van der Waals surface area contributed by atoms with Crippen LogP contribution in [0.2, 0.25) is 0 Å². The van der Waals surface area contributed by atoms with Gasteiger partial charge in [0.2, 0.25) is 5.82 Å². The molecule has 0 bridgehead atoms. The minimum Gasteiger partial charge on any atom is -0.282 e. The lowest BCUT2D eigenvalue weighted by molar-refractivity contribution is 0.558. The van der Waals surface area contributed by atoms with Crippen LogP contribution in [0.1, 0.15) is 0 Å². The van der Waals surface area contributed by atoms with E-state index in [1.165, 1.54) is 12.7 Å². The summed E-state index contributed by atoms with van der Waals surface area (Å²) in [6.07, 6.45) is 9.57. The molecule has 0 fully saturated rings. The molecule has 64 valence electrons. The van der Waals surface area contributed by atoms with E-state index in [0.29, 0.717) is 5.82 Å². The van der Waals surface area contributed by atoms with Gasteiger partial charge in [-0.1, -0.05) is 0 Å². The van der Waals surface area contributed by atoms with Gasteiger partial charge in [-0.2, -0.15) is 0 Å². The maximum absolute atomic E-state index is 10.6. The fourth-order valence-corrected chi connectivity index (χ4v) is 1.01. The highest BCUT2D eigenvalue weighted by Gasteiger charge is 2.01. The number of nitrogens with zero attached hydrogens (tertiary/aromatic N) is 4. The zero-order chi connectivity index (χ0) is 9.10. The summed E-state index contributed by atoms with van der Waals surface area (Å²) < 4.78 is 3.13. The van der Waals surface area contributed by atoms with Crippen LogP contribution in [0.3, 0.4) is 0 Å². The van der Waals surface area contributed by atoms with Crippen molar-refractivity contribution in [2.75, 3.05) is 0 Å².